The lowest BCUT2D eigenvalue weighted by atomic mass is 9.94. The van der Waals surface area contributed by atoms with Gasteiger partial charge in [0.15, 0.2) is 0 Å². The highest BCUT2D eigenvalue weighted by Gasteiger charge is 2.15. The molecule has 1 aromatic carbocycles. The van der Waals surface area contributed by atoms with Crippen LogP contribution in [-0.2, 0) is 13.0 Å². The quantitative estimate of drug-likeness (QED) is 0.914. The lowest BCUT2D eigenvalue weighted by molar-refractivity contribution is 0.585. The highest BCUT2D eigenvalue weighted by Crippen LogP contribution is 2.23. The average molecular weight is 257 g/mol. The zero-order chi connectivity index (χ0) is 14.0. The average Bonchev–Trinajstić information content (AvgIpc) is 2.69. The highest BCUT2D eigenvalue weighted by molar-refractivity contribution is 5.36. The Morgan fingerprint density at radius 1 is 1.21 bits per heavy atom. The minimum Gasteiger partial charge on any atom is -0.324 e. The lowest BCUT2D eigenvalue weighted by Gasteiger charge is -2.18. The second kappa shape index (κ2) is 5.57. The van der Waals surface area contributed by atoms with Crippen LogP contribution in [0.5, 0.6) is 0 Å². The Kier molecular flexibility index (Phi) is 4.05. The molecule has 0 radical (unpaired) electrons. The van der Waals surface area contributed by atoms with Crippen molar-refractivity contribution in [2.75, 3.05) is 0 Å². The van der Waals surface area contributed by atoms with Gasteiger partial charge in [-0.2, -0.15) is 5.10 Å². The standard InChI is InChI=1S/C16H23N3/c1-5-19-14(9-13(4)18-19)10-15(17)16-11(2)7-6-8-12(16)3/h6-9,15H,5,10,17H2,1-4H3. The summed E-state index contributed by atoms with van der Waals surface area (Å²) in [6, 6.07) is 8.51. The molecular weight excluding hydrogens is 234 g/mol. The minimum absolute atomic E-state index is 0.0302. The monoisotopic (exact) mass is 257 g/mol. The number of hydrogen-bond donors (Lipinski definition) is 1. The van der Waals surface area contributed by atoms with Gasteiger partial charge in [0.2, 0.25) is 0 Å². The zero-order valence-corrected chi connectivity index (χ0v) is 12.3. The van der Waals surface area contributed by atoms with Crippen LogP contribution in [0.3, 0.4) is 0 Å². The normalized spacial score (nSPS) is 12.7. The molecule has 1 atom stereocenters. The van der Waals surface area contributed by atoms with Crippen LogP contribution in [0.15, 0.2) is 24.3 Å². The Balaban J connectivity index is 2.28. The number of hydrogen-bond acceptors (Lipinski definition) is 2. The number of nitrogens with zero attached hydrogens (tertiary/aromatic N) is 2. The van der Waals surface area contributed by atoms with Crippen LogP contribution in [0, 0.1) is 20.8 Å². The summed E-state index contributed by atoms with van der Waals surface area (Å²) in [6.07, 6.45) is 0.834. The summed E-state index contributed by atoms with van der Waals surface area (Å²) in [5.74, 6) is 0. The van der Waals surface area contributed by atoms with Gasteiger partial charge in [0.25, 0.3) is 0 Å². The predicted molar refractivity (Wildman–Crippen MR) is 79.2 cm³/mol. The topological polar surface area (TPSA) is 43.8 Å². The Labute approximate surface area is 115 Å². The Bertz CT molecular complexity index is 549. The molecule has 2 rings (SSSR count). The Hall–Kier alpha value is -1.61. The SMILES string of the molecule is CCn1nc(C)cc1CC(N)c1c(C)cccc1C. The Morgan fingerprint density at radius 2 is 1.84 bits per heavy atom. The van der Waals surface area contributed by atoms with Gasteiger partial charge < -0.3 is 5.73 Å². The van der Waals surface area contributed by atoms with Crippen LogP contribution in [-0.4, -0.2) is 9.78 Å². The third-order valence-corrected chi connectivity index (χ3v) is 3.63. The largest absolute Gasteiger partial charge is 0.324 e. The fourth-order valence-corrected chi connectivity index (χ4v) is 2.78. The van der Waals surface area contributed by atoms with Gasteiger partial charge in [-0.15, -0.1) is 0 Å². The second-order valence-corrected chi connectivity index (χ2v) is 5.21. The molecule has 2 aromatic rings. The lowest BCUT2D eigenvalue weighted by Crippen LogP contribution is -2.18. The van der Waals surface area contributed by atoms with Crippen LogP contribution in [0.1, 0.15) is 41.0 Å². The first-order valence-corrected chi connectivity index (χ1v) is 6.88. The molecule has 0 fully saturated rings. The van der Waals surface area contributed by atoms with Crippen LogP contribution in [0.25, 0.3) is 0 Å². The van der Waals surface area contributed by atoms with Gasteiger partial charge in [-0.3, -0.25) is 4.68 Å². The highest BCUT2D eigenvalue weighted by atomic mass is 15.3. The van der Waals surface area contributed by atoms with E-state index in [1.165, 1.54) is 22.4 Å². The molecule has 0 aliphatic heterocycles. The molecular formula is C16H23N3. The first-order valence-electron chi connectivity index (χ1n) is 6.88. The van der Waals surface area contributed by atoms with E-state index in [9.17, 15) is 0 Å². The smallest absolute Gasteiger partial charge is 0.0596 e. The summed E-state index contributed by atoms with van der Waals surface area (Å²) in [5, 5.41) is 4.48. The van der Waals surface area contributed by atoms with Gasteiger partial charge in [0.05, 0.1) is 5.69 Å². The summed E-state index contributed by atoms with van der Waals surface area (Å²) in [6.45, 7) is 9.29. The maximum atomic E-state index is 6.42. The third kappa shape index (κ3) is 2.87. The Morgan fingerprint density at radius 3 is 2.42 bits per heavy atom. The number of benzene rings is 1. The number of aryl methyl sites for hydroxylation is 4. The molecule has 0 amide bonds. The molecule has 2 N–H and O–H groups in total. The summed E-state index contributed by atoms with van der Waals surface area (Å²) in [7, 11) is 0. The van der Waals surface area contributed by atoms with E-state index in [2.05, 4.69) is 50.1 Å². The van der Waals surface area contributed by atoms with E-state index >= 15 is 0 Å². The van der Waals surface area contributed by atoms with Crippen molar-refractivity contribution >= 4 is 0 Å². The van der Waals surface area contributed by atoms with E-state index in [1.807, 2.05) is 11.6 Å². The van der Waals surface area contributed by atoms with E-state index in [4.69, 9.17) is 5.73 Å². The van der Waals surface area contributed by atoms with Crippen LogP contribution in [0.2, 0.25) is 0 Å². The minimum atomic E-state index is 0.0302. The van der Waals surface area contributed by atoms with E-state index in [0.717, 1.165) is 18.7 Å². The van der Waals surface area contributed by atoms with Crippen LogP contribution in [0.4, 0.5) is 0 Å². The summed E-state index contributed by atoms with van der Waals surface area (Å²) in [4.78, 5) is 0. The molecule has 0 aliphatic rings. The van der Waals surface area contributed by atoms with Gasteiger partial charge in [-0.25, -0.2) is 0 Å². The second-order valence-electron chi connectivity index (χ2n) is 5.21. The van der Waals surface area contributed by atoms with Crippen molar-refractivity contribution in [1.29, 1.82) is 0 Å². The van der Waals surface area contributed by atoms with Crippen LogP contribution >= 0.6 is 0 Å². The zero-order valence-electron chi connectivity index (χ0n) is 12.3. The van der Waals surface area contributed by atoms with Crippen molar-refractivity contribution in [2.45, 2.75) is 46.7 Å². The van der Waals surface area contributed by atoms with Crippen molar-refractivity contribution in [1.82, 2.24) is 9.78 Å². The van der Waals surface area contributed by atoms with Gasteiger partial charge in [-0.05, 0) is 50.5 Å². The summed E-state index contributed by atoms with van der Waals surface area (Å²) >= 11 is 0. The van der Waals surface area contributed by atoms with E-state index in [-0.39, 0.29) is 6.04 Å². The molecule has 1 unspecified atom stereocenters. The van der Waals surface area contributed by atoms with Gasteiger partial charge >= 0.3 is 0 Å². The van der Waals surface area contributed by atoms with Gasteiger partial charge in [-0.1, -0.05) is 18.2 Å². The fourth-order valence-electron chi connectivity index (χ4n) is 2.78. The molecule has 0 bridgehead atoms. The van der Waals surface area contributed by atoms with Crippen molar-refractivity contribution in [3.63, 3.8) is 0 Å². The first kappa shape index (κ1) is 13.8. The van der Waals surface area contributed by atoms with Crippen molar-refractivity contribution in [3.05, 3.63) is 52.3 Å². The number of rotatable bonds is 4. The molecule has 19 heavy (non-hydrogen) atoms. The number of aromatic nitrogens is 2. The summed E-state index contributed by atoms with van der Waals surface area (Å²) in [5.41, 5.74) is 12.5. The molecule has 1 heterocycles. The molecule has 0 saturated carbocycles. The van der Waals surface area contributed by atoms with Gasteiger partial charge in [0.1, 0.15) is 0 Å². The fraction of sp³-hybridized carbons (Fsp3) is 0.438. The molecule has 102 valence electrons. The third-order valence-electron chi connectivity index (χ3n) is 3.63. The molecule has 0 aliphatic carbocycles. The molecule has 0 saturated heterocycles. The van der Waals surface area contributed by atoms with Crippen molar-refractivity contribution in [2.24, 2.45) is 5.73 Å². The van der Waals surface area contributed by atoms with Crippen LogP contribution < -0.4 is 5.73 Å². The molecule has 1 aromatic heterocycles. The molecule has 3 nitrogen and oxygen atoms in total. The molecule has 0 spiro atoms. The predicted octanol–water partition coefficient (Wildman–Crippen LogP) is 3.07. The maximum absolute atomic E-state index is 6.42. The summed E-state index contributed by atoms with van der Waals surface area (Å²) < 4.78 is 2.04. The van der Waals surface area contributed by atoms with E-state index in [0.29, 0.717) is 0 Å². The first-order chi connectivity index (χ1) is 9.02. The van der Waals surface area contributed by atoms with Gasteiger partial charge in [0, 0.05) is 24.7 Å². The molecule has 3 heteroatoms. The maximum Gasteiger partial charge on any atom is 0.0596 e. The number of nitrogens with two attached hydrogens (primary N) is 1. The van der Waals surface area contributed by atoms with Crippen molar-refractivity contribution in [3.8, 4) is 0 Å². The van der Waals surface area contributed by atoms with E-state index in [1.54, 1.807) is 0 Å². The van der Waals surface area contributed by atoms with E-state index < -0.39 is 0 Å². The van der Waals surface area contributed by atoms with Crippen molar-refractivity contribution < 1.29 is 0 Å².